The van der Waals surface area contributed by atoms with Crippen LogP contribution in [0.2, 0.25) is 5.02 Å². The van der Waals surface area contributed by atoms with Crippen molar-refractivity contribution in [2.24, 2.45) is 23.3 Å². The van der Waals surface area contributed by atoms with Crippen LogP contribution in [-0.4, -0.2) is 309 Å². The van der Waals surface area contributed by atoms with Crippen LogP contribution in [0.1, 0.15) is 134 Å². The molecule has 37 nitrogen and oxygen atoms in total. The second-order valence-corrected chi connectivity index (χ2v) is 41.4. The molecular formula is C98H135ClN12O25S4. The number of carbonyl (C=O) groups is 13. The van der Waals surface area contributed by atoms with Crippen molar-refractivity contribution in [2.75, 3.05) is 116 Å². The number of rotatable bonds is 41. The first-order valence-electron chi connectivity index (χ1n) is 46.9. The van der Waals surface area contributed by atoms with Crippen molar-refractivity contribution >= 4 is 143 Å². The van der Waals surface area contributed by atoms with Crippen molar-refractivity contribution < 1.29 is 121 Å². The van der Waals surface area contributed by atoms with E-state index in [1.807, 2.05) is 43.3 Å². The monoisotopic (exact) mass is 2040 g/mol. The number of nitrogens with zero attached hydrogens (tertiary/aromatic N) is 2. The molecule has 16 N–H and O–H groups in total. The Morgan fingerprint density at radius 3 is 2.11 bits per heavy atom. The molecule has 18 atom stereocenters. The number of fused-ring (bicyclic) bond motifs is 6. The second kappa shape index (κ2) is 56.4. The van der Waals surface area contributed by atoms with Gasteiger partial charge in [0.25, 0.3) is 0 Å². The van der Waals surface area contributed by atoms with Gasteiger partial charge in [0.15, 0.2) is 5.78 Å². The van der Waals surface area contributed by atoms with E-state index in [4.69, 9.17) is 61.0 Å². The number of aliphatic hydroxyl groups excluding tert-OH is 2. The van der Waals surface area contributed by atoms with Crippen molar-refractivity contribution in [3.8, 4) is 11.5 Å². The first-order valence-corrected chi connectivity index (χ1v) is 52.3. The van der Waals surface area contributed by atoms with Gasteiger partial charge in [-0.05, 0) is 144 Å². The molecule has 0 saturated carbocycles. The van der Waals surface area contributed by atoms with E-state index in [1.165, 1.54) is 85.6 Å². The zero-order valence-electron chi connectivity index (χ0n) is 80.7. The summed E-state index contributed by atoms with van der Waals surface area (Å²) in [5, 5.41) is 66.3. The van der Waals surface area contributed by atoms with Gasteiger partial charge in [0.05, 0.1) is 95.7 Å². The fraction of sp³-hybridized carbons (Fsp3) is 0.561. The van der Waals surface area contributed by atoms with Crippen molar-refractivity contribution in [3.05, 3.63) is 154 Å². The number of methoxy groups -OCH3 is 2. The number of amides is 10. The number of ether oxygens (including phenoxy) is 8. The number of likely N-dealkylation sites (N-methyl/N-ethyl adjacent to an activating group) is 1. The van der Waals surface area contributed by atoms with Crippen LogP contribution in [0.15, 0.2) is 121 Å². The summed E-state index contributed by atoms with van der Waals surface area (Å²) in [5.74, 6) is -10.6. The lowest BCUT2D eigenvalue weighted by Crippen LogP contribution is -2.62. The molecular weight excluding hydrogens is 1910 g/mol. The Kier molecular flexibility index (Phi) is 45.9. The molecule has 42 heteroatoms. The summed E-state index contributed by atoms with van der Waals surface area (Å²) < 4.78 is 46.7. The highest BCUT2D eigenvalue weighted by Crippen LogP contribution is 2.50. The third-order valence-corrected chi connectivity index (χ3v) is 30.2. The Balaban J connectivity index is 0.716. The van der Waals surface area contributed by atoms with Gasteiger partial charge in [-0.1, -0.05) is 158 Å². The SMILES string of the molecule is COc1cc2cc(c1Cl)N(C)C(=O)C[C@H](OC(=O)[C@H](C)N(C)C(=O)CCSSCCC(=O)NCCOCCOCCOCCNC(=O)[C@@H](NC(=O)[C@@H]1CSSC[C@H](NC(=O)[C@H](N)Cc3ccccc3)C(=O)C[C@@H](Cc3ccc(O)cc3)C(=O)N[C@H](CC3=CCc4ccccc43)C(=O)N[C@@H](CCCCN)C(=O)N[C@@H]([C@@H](C)O)C(=O)N1)[C@@H](C)O)[C@]1(C)O[C@H]1[C@H](C)[C@@H]1C[C@@](O)(CC(=O)O1)[C@@H](OC)/C=C/C=C(\C)C2. The van der Waals surface area contributed by atoms with Gasteiger partial charge >= 0.3 is 11.9 Å². The number of benzene rings is 4. The predicted octanol–water partition coefficient (Wildman–Crippen LogP) is 4.53. The number of aliphatic hydroxyl groups is 3. The quantitative estimate of drug-likeness (QED) is 0.0126. The minimum absolute atomic E-state index is 0.00747. The number of phenols is 1. The zero-order chi connectivity index (χ0) is 102. The highest BCUT2D eigenvalue weighted by atomic mass is 35.5. The fourth-order valence-electron chi connectivity index (χ4n) is 16.6. The van der Waals surface area contributed by atoms with Gasteiger partial charge in [0.1, 0.15) is 82.3 Å². The Morgan fingerprint density at radius 1 is 0.771 bits per heavy atom. The average molecular weight is 2040 g/mol. The molecule has 4 aromatic rings. The minimum atomic E-state index is -1.79. The average Bonchev–Trinajstić information content (AvgIpc) is 1.57. The maximum atomic E-state index is 15.1. The van der Waals surface area contributed by atoms with Gasteiger partial charge in [-0.2, -0.15) is 0 Å². The van der Waals surface area contributed by atoms with Crippen molar-refractivity contribution in [1.29, 1.82) is 0 Å². The molecule has 5 aliphatic rings. The number of unbranched alkanes of at least 4 members (excludes halogenated alkanes) is 1. The molecule has 10 amide bonds. The number of hydrogen-bond donors (Lipinski definition) is 14. The lowest BCUT2D eigenvalue weighted by atomic mass is 9.78. The van der Waals surface area contributed by atoms with E-state index >= 15 is 9.59 Å². The number of esters is 2. The highest BCUT2D eigenvalue weighted by Gasteiger charge is 2.65. The molecule has 4 heterocycles. The van der Waals surface area contributed by atoms with E-state index in [0.29, 0.717) is 59.8 Å². The van der Waals surface area contributed by atoms with E-state index in [0.717, 1.165) is 49.4 Å². The van der Waals surface area contributed by atoms with E-state index in [1.54, 1.807) is 87.6 Å². The number of carbonyl (C=O) groups excluding carboxylic acids is 13. The lowest BCUT2D eigenvalue weighted by Gasteiger charge is -2.41. The van der Waals surface area contributed by atoms with Crippen LogP contribution in [0, 0.1) is 11.8 Å². The normalized spacial score (nSPS) is 25.2. The topological polar surface area (TPSA) is 535 Å². The number of aromatic hydroxyl groups is 1. The van der Waals surface area contributed by atoms with Crippen LogP contribution < -0.4 is 63.6 Å². The molecule has 4 aliphatic heterocycles. The van der Waals surface area contributed by atoms with Gasteiger partial charge in [-0.25, -0.2) is 4.79 Å². The lowest BCUT2D eigenvalue weighted by molar-refractivity contribution is -0.187. The van der Waals surface area contributed by atoms with E-state index < -0.39 is 179 Å². The summed E-state index contributed by atoms with van der Waals surface area (Å²) in [7, 11) is 10.7. The molecule has 140 heavy (non-hydrogen) atoms. The number of ketones is 1. The molecule has 0 radical (unpaired) electrons. The standard InChI is InChI=1S/C98H135ClN12O25S4/c1-57-19-18-25-79(130-10)98(128)53-78(134-84(119)54-98)58(2)88-97(6,136-88)80(52-83(118)111(8)75-48-64(45-57)49-77(129-9)85(75)99)135-96(127)59(3)110(7)82(117)33-44-138-137-43-32-81(116)102-35-37-131-39-41-133-42-40-132-38-36-103-94(125)86(60(4)112)108-93(124)74-56-140-139-55-73(106-90(121)70(101)47-62-20-12-11-13-21-62)76(115)51-67(46-63-26-30-68(114)31-27-63)89(120)105-72(50-66-29-28-65-22-14-15-23-69(65)66)92(123)104-71(24-16-17-34-100)91(122)109-87(61(5)113)95(126)107-74/h11-15,18-23,25-27,29-31,48-49,58-61,67,70-74,78-80,86-88,112-114,128H,16-17,24,28,32-47,50-56,100-101H2,1-10H3,(H,102,116)(H,103,125)(H,104,123)(H,105,120)(H,106,121)(H,107,126)(H,108,124)(H,109,122)/b25-18+,57-19+/t58-,59+,60-,61-,67-,70-,71+,72-,73+,74+,78+,79+,80+,86+,87+,88+,97+,98-/m1/s1. The van der Waals surface area contributed by atoms with E-state index in [9.17, 15) is 73.2 Å². The molecule has 9 rings (SSSR count). The van der Waals surface area contributed by atoms with Crippen molar-refractivity contribution in [3.63, 3.8) is 0 Å². The van der Waals surface area contributed by atoms with Gasteiger partial charge in [0, 0.05) is 101 Å². The summed E-state index contributed by atoms with van der Waals surface area (Å²) >= 11 is 6.87. The number of halogens is 1. The van der Waals surface area contributed by atoms with Crippen LogP contribution in [0.4, 0.5) is 5.69 Å². The second-order valence-electron chi connectivity index (χ2n) is 35.7. The van der Waals surface area contributed by atoms with E-state index in [-0.39, 0.29) is 151 Å². The Morgan fingerprint density at radius 2 is 1.43 bits per heavy atom. The molecule has 0 spiro atoms. The minimum Gasteiger partial charge on any atom is -0.508 e. The summed E-state index contributed by atoms with van der Waals surface area (Å²) in [5.41, 5.74) is 15.2. The van der Waals surface area contributed by atoms with Crippen LogP contribution in [0.25, 0.3) is 5.57 Å². The largest absolute Gasteiger partial charge is 0.508 e. The smallest absolute Gasteiger partial charge is 0.328 e. The van der Waals surface area contributed by atoms with E-state index in [2.05, 4.69) is 42.5 Å². The Bertz CT molecular complexity index is 4990. The summed E-state index contributed by atoms with van der Waals surface area (Å²) in [6.07, 6.45) is 0.835. The van der Waals surface area contributed by atoms with Crippen LogP contribution in [0.5, 0.6) is 11.5 Å². The van der Waals surface area contributed by atoms with Crippen LogP contribution >= 0.6 is 54.8 Å². The number of phenolic OH excluding ortho intramolecular Hbond substituents is 1. The van der Waals surface area contributed by atoms with Crippen LogP contribution in [0.3, 0.4) is 0 Å². The fourth-order valence-corrected chi connectivity index (χ4v) is 21.2. The van der Waals surface area contributed by atoms with Crippen LogP contribution in [-0.2, 0) is 121 Å². The van der Waals surface area contributed by atoms with Crippen molar-refractivity contribution in [1.82, 2.24) is 47.4 Å². The Hall–Kier alpha value is -9.70. The highest BCUT2D eigenvalue weighted by molar-refractivity contribution is 8.77. The number of Topliss-reactive ketones (excluding diaryl/α,β-unsaturated/α-hetero) is 1. The first-order chi connectivity index (χ1) is 66.8. The third-order valence-electron chi connectivity index (χ3n) is 25.0. The molecule has 4 aromatic carbocycles. The predicted molar refractivity (Wildman–Crippen MR) is 533 cm³/mol. The van der Waals surface area contributed by atoms with Gasteiger partial charge < -0.3 is 122 Å². The van der Waals surface area contributed by atoms with Crippen molar-refractivity contribution in [2.45, 2.75) is 228 Å². The molecule has 0 aromatic heterocycles. The first kappa shape index (κ1) is 114. The number of nitrogens with one attached hydrogen (secondary N) is 8. The zero-order valence-corrected chi connectivity index (χ0v) is 84.7. The summed E-state index contributed by atoms with van der Waals surface area (Å²) in [4.78, 5) is 188. The number of hydrogen-bond acceptors (Lipinski definition) is 31. The van der Waals surface area contributed by atoms with Gasteiger partial charge in [0.2, 0.25) is 59.1 Å². The molecule has 768 valence electrons. The maximum absolute atomic E-state index is 15.1. The third kappa shape index (κ3) is 34.3. The number of allylic oxidation sites excluding steroid dienone is 4. The maximum Gasteiger partial charge on any atom is 0.328 e. The van der Waals surface area contributed by atoms with Gasteiger partial charge in [-0.3, -0.25) is 57.5 Å². The summed E-state index contributed by atoms with van der Waals surface area (Å²) in [6, 6.07) is 14.5. The number of epoxide rings is 1. The Labute approximate surface area is 837 Å². The van der Waals surface area contributed by atoms with Gasteiger partial charge in [-0.15, -0.1) is 0 Å². The molecule has 3 saturated heterocycles. The number of nitrogens with two attached hydrogens (primary N) is 2. The summed E-state index contributed by atoms with van der Waals surface area (Å²) in [6.45, 7) is 10.4. The molecule has 1 aliphatic carbocycles. The molecule has 0 unspecified atom stereocenters. The molecule has 4 bridgehead atoms. The number of anilines is 1. The molecule has 3 fully saturated rings.